The predicted octanol–water partition coefficient (Wildman–Crippen LogP) is 4.60. The van der Waals surface area contributed by atoms with Crippen molar-refractivity contribution >= 4 is 46.2 Å². The van der Waals surface area contributed by atoms with Crippen molar-refractivity contribution in [2.75, 3.05) is 5.73 Å². The Hall–Kier alpha value is -1.99. The summed E-state index contributed by atoms with van der Waals surface area (Å²) in [5.74, 6) is -0.101. The molecule has 1 aliphatic rings. The van der Waals surface area contributed by atoms with Gasteiger partial charge >= 0.3 is 0 Å². The summed E-state index contributed by atoms with van der Waals surface area (Å²) in [6.45, 7) is 1.69. The zero-order valence-electron chi connectivity index (χ0n) is 14.1. The number of dihydropyridines is 1. The summed E-state index contributed by atoms with van der Waals surface area (Å²) >= 11 is 18.2. The molecule has 0 amide bonds. The second-order valence-corrected chi connectivity index (χ2v) is 7.38. The molecule has 3 rings (SSSR count). The Morgan fingerprint density at radius 2 is 2.07 bits per heavy atom. The SMILES string of the molecule is CC(Oc1cc(C2=CNC(N)(Cl)C=C2)cnc1N)c1c(Cl)ccc(F)c1Cl. The number of nitrogens with zero attached hydrogens (tertiary/aromatic N) is 1. The molecule has 142 valence electrons. The van der Waals surface area contributed by atoms with Crippen molar-refractivity contribution in [2.45, 2.75) is 18.1 Å². The van der Waals surface area contributed by atoms with Gasteiger partial charge in [0, 0.05) is 28.5 Å². The minimum absolute atomic E-state index is 0.0961. The van der Waals surface area contributed by atoms with Crippen LogP contribution in [0.3, 0.4) is 0 Å². The molecule has 5 N–H and O–H groups in total. The first-order valence-corrected chi connectivity index (χ1v) is 9.02. The zero-order chi connectivity index (χ0) is 19.8. The summed E-state index contributed by atoms with van der Waals surface area (Å²) in [5, 5.41) is 1.91. The Kier molecular flexibility index (Phi) is 5.53. The summed E-state index contributed by atoms with van der Waals surface area (Å²) in [6.07, 6.45) is 5.95. The lowest BCUT2D eigenvalue weighted by Gasteiger charge is -2.23. The third kappa shape index (κ3) is 4.30. The van der Waals surface area contributed by atoms with Crippen LogP contribution in [0.5, 0.6) is 5.75 Å². The van der Waals surface area contributed by atoms with Gasteiger partial charge in [-0.1, -0.05) is 40.9 Å². The van der Waals surface area contributed by atoms with Gasteiger partial charge in [0.15, 0.2) is 16.7 Å². The van der Waals surface area contributed by atoms with E-state index in [1.54, 1.807) is 37.5 Å². The highest BCUT2D eigenvalue weighted by atomic mass is 35.5. The van der Waals surface area contributed by atoms with Gasteiger partial charge in [-0.25, -0.2) is 9.37 Å². The maximum absolute atomic E-state index is 13.8. The van der Waals surface area contributed by atoms with E-state index < -0.39 is 17.0 Å². The van der Waals surface area contributed by atoms with Crippen LogP contribution in [0, 0.1) is 5.82 Å². The number of anilines is 1. The molecule has 0 spiro atoms. The van der Waals surface area contributed by atoms with Crippen LogP contribution in [0.2, 0.25) is 10.0 Å². The fourth-order valence-corrected chi connectivity index (χ4v) is 3.34. The van der Waals surface area contributed by atoms with Crippen LogP contribution in [-0.4, -0.2) is 10.1 Å². The smallest absolute Gasteiger partial charge is 0.183 e. The van der Waals surface area contributed by atoms with Crippen molar-refractivity contribution < 1.29 is 9.13 Å². The van der Waals surface area contributed by atoms with Gasteiger partial charge in [0.2, 0.25) is 0 Å². The van der Waals surface area contributed by atoms with Crippen LogP contribution >= 0.6 is 34.8 Å². The Balaban J connectivity index is 1.89. The molecule has 0 bridgehead atoms. The van der Waals surface area contributed by atoms with Crippen molar-refractivity contribution in [3.63, 3.8) is 0 Å². The normalized spacial score (nSPS) is 20.0. The number of ether oxygens (including phenoxy) is 1. The van der Waals surface area contributed by atoms with E-state index in [4.69, 9.17) is 51.0 Å². The third-order valence-electron chi connectivity index (χ3n) is 3.96. The first-order chi connectivity index (χ1) is 12.7. The number of allylic oxidation sites excluding steroid dienone is 2. The third-order valence-corrected chi connectivity index (χ3v) is 4.91. The lowest BCUT2D eigenvalue weighted by atomic mass is 10.1. The Morgan fingerprint density at radius 1 is 1.33 bits per heavy atom. The molecule has 0 saturated heterocycles. The number of hydrogen-bond acceptors (Lipinski definition) is 5. The molecule has 0 radical (unpaired) electrons. The van der Waals surface area contributed by atoms with Crippen LogP contribution < -0.4 is 21.5 Å². The van der Waals surface area contributed by atoms with Gasteiger partial charge in [-0.3, -0.25) is 5.73 Å². The van der Waals surface area contributed by atoms with Crippen LogP contribution in [0.1, 0.15) is 24.2 Å². The second kappa shape index (κ2) is 7.56. The van der Waals surface area contributed by atoms with Crippen molar-refractivity contribution in [3.05, 3.63) is 69.7 Å². The molecule has 5 nitrogen and oxygen atoms in total. The van der Waals surface area contributed by atoms with Crippen molar-refractivity contribution in [2.24, 2.45) is 5.73 Å². The lowest BCUT2D eigenvalue weighted by molar-refractivity contribution is 0.227. The topological polar surface area (TPSA) is 86.2 Å². The van der Waals surface area contributed by atoms with Gasteiger partial charge in [-0.2, -0.15) is 0 Å². The summed E-state index contributed by atoms with van der Waals surface area (Å²) in [5.41, 5.74) is 13.5. The van der Waals surface area contributed by atoms with Gasteiger partial charge in [-0.05, 0) is 36.8 Å². The molecule has 1 aliphatic heterocycles. The lowest BCUT2D eigenvalue weighted by Crippen LogP contribution is -2.44. The summed E-state index contributed by atoms with van der Waals surface area (Å²) in [6, 6.07) is 4.32. The maximum atomic E-state index is 13.8. The van der Waals surface area contributed by atoms with E-state index >= 15 is 0 Å². The fourth-order valence-electron chi connectivity index (χ4n) is 2.55. The Bertz CT molecular complexity index is 946. The number of nitrogens with two attached hydrogens (primary N) is 2. The van der Waals surface area contributed by atoms with Gasteiger partial charge in [0.25, 0.3) is 0 Å². The van der Waals surface area contributed by atoms with E-state index in [1.165, 1.54) is 12.1 Å². The largest absolute Gasteiger partial charge is 0.482 e. The number of benzene rings is 1. The zero-order valence-corrected chi connectivity index (χ0v) is 16.4. The van der Waals surface area contributed by atoms with Crippen molar-refractivity contribution in [3.8, 4) is 5.75 Å². The van der Waals surface area contributed by atoms with E-state index in [2.05, 4.69) is 10.3 Å². The molecule has 27 heavy (non-hydrogen) atoms. The molecule has 1 aromatic heterocycles. The highest BCUT2D eigenvalue weighted by Crippen LogP contribution is 2.36. The molecule has 2 aromatic rings. The number of nitrogens with one attached hydrogen (secondary N) is 1. The highest BCUT2D eigenvalue weighted by Gasteiger charge is 2.21. The summed E-state index contributed by atoms with van der Waals surface area (Å²) < 4.78 is 19.7. The first kappa shape index (κ1) is 19.8. The number of nitrogen functional groups attached to an aromatic ring is 1. The molecule has 1 aromatic carbocycles. The monoisotopic (exact) mass is 428 g/mol. The molecular weight excluding hydrogens is 414 g/mol. The van der Waals surface area contributed by atoms with E-state index in [1.807, 2.05) is 0 Å². The minimum atomic E-state index is -1.14. The Morgan fingerprint density at radius 3 is 2.74 bits per heavy atom. The standard InChI is InChI=1S/C18H16Cl3FN4O/c1-9(15-12(19)2-3-13(22)16(15)20)27-14-6-11(7-25-17(14)23)10-4-5-18(21,24)26-8-10/h2-9,26H,24H2,1H3,(H2,23,25). The maximum Gasteiger partial charge on any atom is 0.183 e. The van der Waals surface area contributed by atoms with E-state index in [0.717, 1.165) is 11.1 Å². The van der Waals surface area contributed by atoms with Crippen molar-refractivity contribution in [1.82, 2.24) is 10.3 Å². The van der Waals surface area contributed by atoms with Gasteiger partial charge in [0.1, 0.15) is 11.9 Å². The number of halogens is 4. The van der Waals surface area contributed by atoms with Crippen LogP contribution in [-0.2, 0) is 0 Å². The summed E-state index contributed by atoms with van der Waals surface area (Å²) in [7, 11) is 0. The molecule has 0 saturated carbocycles. The Labute approximate surface area is 170 Å². The number of pyridine rings is 1. The summed E-state index contributed by atoms with van der Waals surface area (Å²) in [4.78, 5) is 4.15. The van der Waals surface area contributed by atoms with Crippen molar-refractivity contribution in [1.29, 1.82) is 0 Å². The number of alkyl halides is 1. The second-order valence-electron chi connectivity index (χ2n) is 5.97. The van der Waals surface area contributed by atoms with Gasteiger partial charge < -0.3 is 15.8 Å². The van der Waals surface area contributed by atoms with E-state index in [-0.39, 0.29) is 10.8 Å². The number of hydrogen-bond donors (Lipinski definition) is 3. The molecule has 2 heterocycles. The molecule has 2 unspecified atom stereocenters. The number of rotatable bonds is 4. The molecular formula is C18H16Cl3FN4O. The van der Waals surface area contributed by atoms with E-state index in [0.29, 0.717) is 16.3 Å². The molecule has 0 aliphatic carbocycles. The fraction of sp³-hybridized carbons (Fsp3) is 0.167. The van der Waals surface area contributed by atoms with Crippen LogP contribution in [0.15, 0.2) is 42.7 Å². The highest BCUT2D eigenvalue weighted by molar-refractivity contribution is 6.36. The van der Waals surface area contributed by atoms with Crippen LogP contribution in [0.25, 0.3) is 5.57 Å². The average molecular weight is 430 g/mol. The molecule has 2 atom stereocenters. The van der Waals surface area contributed by atoms with Gasteiger partial charge in [0.05, 0.1) is 5.02 Å². The quantitative estimate of drug-likeness (QED) is 0.376. The number of aromatic nitrogens is 1. The van der Waals surface area contributed by atoms with Crippen LogP contribution in [0.4, 0.5) is 10.2 Å². The molecule has 9 heteroatoms. The predicted molar refractivity (Wildman–Crippen MR) is 107 cm³/mol. The molecule has 0 fully saturated rings. The van der Waals surface area contributed by atoms with Gasteiger partial charge in [-0.15, -0.1) is 0 Å². The average Bonchev–Trinajstić information content (AvgIpc) is 2.60. The first-order valence-electron chi connectivity index (χ1n) is 7.89. The van der Waals surface area contributed by atoms with E-state index in [9.17, 15) is 4.39 Å². The minimum Gasteiger partial charge on any atom is -0.482 e.